The predicted octanol–water partition coefficient (Wildman–Crippen LogP) is 2.70. The van der Waals surface area contributed by atoms with Gasteiger partial charge in [0.2, 0.25) is 0 Å². The second-order valence-electron chi connectivity index (χ2n) is 5.83. The lowest BCUT2D eigenvalue weighted by Crippen LogP contribution is -2.35. The van der Waals surface area contributed by atoms with Crippen molar-refractivity contribution >= 4 is 0 Å². The quantitative estimate of drug-likeness (QED) is 0.851. The lowest BCUT2D eigenvalue weighted by molar-refractivity contribution is 0.102. The highest BCUT2D eigenvalue weighted by molar-refractivity contribution is 5.26. The number of ether oxygens (including phenoxy) is 1. The molecule has 0 amide bonds. The standard InChI is InChI=1S/C17H22FN3O/c1-3-22-12-15-11-21(9-13-4-6-16(18)7-5-13)10-14-8-19-20(2)17(14)15/h4-8,15H,3,9-12H2,1-2H3/t15-/m1/s1. The Hall–Kier alpha value is -1.72. The van der Waals surface area contributed by atoms with Crippen LogP contribution in [0.5, 0.6) is 0 Å². The molecule has 0 spiro atoms. The molecule has 1 aromatic heterocycles. The summed E-state index contributed by atoms with van der Waals surface area (Å²) in [5.74, 6) is 0.141. The summed E-state index contributed by atoms with van der Waals surface area (Å²) < 4.78 is 20.6. The molecule has 0 radical (unpaired) electrons. The third-order valence-electron chi connectivity index (χ3n) is 4.17. The molecule has 0 fully saturated rings. The van der Waals surface area contributed by atoms with Crippen molar-refractivity contribution < 1.29 is 9.13 Å². The van der Waals surface area contributed by atoms with Crippen molar-refractivity contribution in [3.05, 3.63) is 53.1 Å². The predicted molar refractivity (Wildman–Crippen MR) is 83.0 cm³/mol. The fourth-order valence-electron chi connectivity index (χ4n) is 3.20. The van der Waals surface area contributed by atoms with Crippen molar-refractivity contribution in [1.29, 1.82) is 0 Å². The smallest absolute Gasteiger partial charge is 0.123 e. The van der Waals surface area contributed by atoms with Gasteiger partial charge >= 0.3 is 0 Å². The topological polar surface area (TPSA) is 30.3 Å². The molecule has 3 rings (SSSR count). The van der Waals surface area contributed by atoms with E-state index in [1.807, 2.05) is 37.0 Å². The Bertz CT molecular complexity index is 623. The van der Waals surface area contributed by atoms with Gasteiger partial charge in [-0.3, -0.25) is 9.58 Å². The Kier molecular flexibility index (Phi) is 4.55. The first-order valence-corrected chi connectivity index (χ1v) is 7.72. The highest BCUT2D eigenvalue weighted by Gasteiger charge is 2.28. The molecule has 0 unspecified atom stereocenters. The normalized spacial score (nSPS) is 18.4. The SMILES string of the molecule is CCOC[C@H]1CN(Cc2ccc(F)cc2)Cc2cnn(C)c21. The van der Waals surface area contributed by atoms with E-state index < -0.39 is 0 Å². The van der Waals surface area contributed by atoms with Crippen LogP contribution in [-0.4, -0.2) is 34.4 Å². The van der Waals surface area contributed by atoms with Gasteiger partial charge in [-0.2, -0.15) is 5.10 Å². The summed E-state index contributed by atoms with van der Waals surface area (Å²) in [6.07, 6.45) is 1.95. The Labute approximate surface area is 130 Å². The fraction of sp³-hybridized carbons (Fsp3) is 0.471. The Morgan fingerprint density at radius 2 is 2.09 bits per heavy atom. The van der Waals surface area contributed by atoms with Gasteiger partial charge in [-0.1, -0.05) is 12.1 Å². The summed E-state index contributed by atoms with van der Waals surface area (Å²) in [6, 6.07) is 6.75. The van der Waals surface area contributed by atoms with Gasteiger partial charge in [0.05, 0.1) is 12.8 Å². The monoisotopic (exact) mass is 303 g/mol. The van der Waals surface area contributed by atoms with E-state index in [0.29, 0.717) is 12.5 Å². The summed E-state index contributed by atoms with van der Waals surface area (Å²) in [5.41, 5.74) is 3.67. The summed E-state index contributed by atoms with van der Waals surface area (Å²) >= 11 is 0. The van der Waals surface area contributed by atoms with Crippen molar-refractivity contribution in [2.75, 3.05) is 19.8 Å². The molecule has 1 aliphatic rings. The van der Waals surface area contributed by atoms with Gasteiger partial charge in [-0.05, 0) is 24.6 Å². The Morgan fingerprint density at radius 3 is 2.82 bits per heavy atom. The highest BCUT2D eigenvalue weighted by Crippen LogP contribution is 2.29. The maximum Gasteiger partial charge on any atom is 0.123 e. The third kappa shape index (κ3) is 3.20. The number of fused-ring (bicyclic) bond motifs is 1. The van der Waals surface area contributed by atoms with Gasteiger partial charge in [-0.15, -0.1) is 0 Å². The number of nitrogens with zero attached hydrogens (tertiary/aromatic N) is 3. The minimum Gasteiger partial charge on any atom is -0.381 e. The second-order valence-corrected chi connectivity index (χ2v) is 5.83. The van der Waals surface area contributed by atoms with Crippen LogP contribution < -0.4 is 0 Å². The maximum absolute atomic E-state index is 13.0. The number of aromatic nitrogens is 2. The third-order valence-corrected chi connectivity index (χ3v) is 4.17. The minimum absolute atomic E-state index is 0.189. The average molecular weight is 303 g/mol. The van der Waals surface area contributed by atoms with Gasteiger partial charge in [0.1, 0.15) is 5.82 Å². The molecule has 2 aromatic rings. The van der Waals surface area contributed by atoms with Crippen LogP contribution in [0.1, 0.15) is 29.7 Å². The van der Waals surface area contributed by atoms with E-state index in [9.17, 15) is 4.39 Å². The summed E-state index contributed by atoms with van der Waals surface area (Å²) in [4.78, 5) is 2.38. The Balaban J connectivity index is 1.76. The summed E-state index contributed by atoms with van der Waals surface area (Å²) in [5, 5.41) is 4.39. The van der Waals surface area contributed by atoms with Crippen molar-refractivity contribution in [3.8, 4) is 0 Å². The van der Waals surface area contributed by atoms with E-state index in [2.05, 4.69) is 10.00 Å². The number of benzene rings is 1. The molecule has 1 aliphatic heterocycles. The first-order chi connectivity index (χ1) is 10.7. The fourth-order valence-corrected chi connectivity index (χ4v) is 3.20. The van der Waals surface area contributed by atoms with Crippen molar-refractivity contribution in [2.45, 2.75) is 25.9 Å². The molecule has 2 heterocycles. The van der Waals surface area contributed by atoms with E-state index in [1.54, 1.807) is 0 Å². The molecular formula is C17H22FN3O. The van der Waals surface area contributed by atoms with Crippen LogP contribution in [0.15, 0.2) is 30.5 Å². The van der Waals surface area contributed by atoms with Gasteiger partial charge < -0.3 is 4.74 Å². The number of halogens is 1. The van der Waals surface area contributed by atoms with Crippen molar-refractivity contribution in [3.63, 3.8) is 0 Å². The van der Waals surface area contributed by atoms with Crippen LogP contribution in [-0.2, 0) is 24.9 Å². The van der Waals surface area contributed by atoms with Gasteiger partial charge in [0.25, 0.3) is 0 Å². The van der Waals surface area contributed by atoms with E-state index in [1.165, 1.54) is 23.4 Å². The molecule has 22 heavy (non-hydrogen) atoms. The zero-order chi connectivity index (χ0) is 15.5. The lowest BCUT2D eigenvalue weighted by atomic mass is 9.96. The largest absolute Gasteiger partial charge is 0.381 e. The molecule has 4 nitrogen and oxygen atoms in total. The molecule has 1 atom stereocenters. The van der Waals surface area contributed by atoms with Crippen LogP contribution >= 0.6 is 0 Å². The van der Waals surface area contributed by atoms with E-state index in [-0.39, 0.29) is 5.82 Å². The molecular weight excluding hydrogens is 281 g/mol. The number of rotatable bonds is 5. The maximum atomic E-state index is 13.0. The molecule has 0 N–H and O–H groups in total. The number of hydrogen-bond acceptors (Lipinski definition) is 3. The number of aryl methyl sites for hydroxylation is 1. The van der Waals surface area contributed by atoms with Crippen LogP contribution in [0.25, 0.3) is 0 Å². The highest BCUT2D eigenvalue weighted by atomic mass is 19.1. The molecule has 1 aromatic carbocycles. The van der Waals surface area contributed by atoms with Gasteiger partial charge in [0, 0.05) is 50.5 Å². The van der Waals surface area contributed by atoms with Crippen LogP contribution in [0.4, 0.5) is 4.39 Å². The van der Waals surface area contributed by atoms with E-state index in [4.69, 9.17) is 4.74 Å². The van der Waals surface area contributed by atoms with E-state index >= 15 is 0 Å². The molecule has 118 valence electrons. The van der Waals surface area contributed by atoms with Gasteiger partial charge in [-0.25, -0.2) is 4.39 Å². The molecule has 5 heteroatoms. The Morgan fingerprint density at radius 1 is 1.32 bits per heavy atom. The van der Waals surface area contributed by atoms with Crippen LogP contribution in [0, 0.1) is 5.82 Å². The minimum atomic E-state index is -0.189. The molecule has 0 aliphatic carbocycles. The van der Waals surface area contributed by atoms with Crippen LogP contribution in [0.2, 0.25) is 0 Å². The molecule has 0 saturated heterocycles. The number of hydrogen-bond donors (Lipinski definition) is 0. The lowest BCUT2D eigenvalue weighted by Gasteiger charge is -2.33. The van der Waals surface area contributed by atoms with Crippen molar-refractivity contribution in [2.24, 2.45) is 7.05 Å². The first kappa shape index (κ1) is 15.2. The zero-order valence-corrected chi connectivity index (χ0v) is 13.1. The molecule has 0 bridgehead atoms. The molecule has 0 saturated carbocycles. The van der Waals surface area contributed by atoms with Gasteiger partial charge in [0.15, 0.2) is 0 Å². The van der Waals surface area contributed by atoms with Crippen molar-refractivity contribution in [1.82, 2.24) is 14.7 Å². The summed E-state index contributed by atoms with van der Waals surface area (Å²) in [6.45, 7) is 6.08. The van der Waals surface area contributed by atoms with Crippen LogP contribution in [0.3, 0.4) is 0 Å². The summed E-state index contributed by atoms with van der Waals surface area (Å²) in [7, 11) is 1.99. The second kappa shape index (κ2) is 6.58. The zero-order valence-electron chi connectivity index (χ0n) is 13.1. The average Bonchev–Trinajstić information content (AvgIpc) is 2.89. The van der Waals surface area contributed by atoms with E-state index in [0.717, 1.165) is 31.8 Å². The first-order valence-electron chi connectivity index (χ1n) is 7.72.